The number of H-pyrrole nitrogens is 1. The van der Waals surface area contributed by atoms with E-state index in [1.165, 1.54) is 0 Å². The second-order valence-corrected chi connectivity index (χ2v) is 6.29. The van der Waals surface area contributed by atoms with Crippen LogP contribution in [0.5, 0.6) is 0 Å². The van der Waals surface area contributed by atoms with E-state index >= 15 is 0 Å². The van der Waals surface area contributed by atoms with Gasteiger partial charge in [0.1, 0.15) is 0 Å². The van der Waals surface area contributed by atoms with E-state index in [0.29, 0.717) is 4.90 Å². The van der Waals surface area contributed by atoms with Gasteiger partial charge in [-0.15, -0.1) is 0 Å². The number of aromatic nitrogens is 3. The van der Waals surface area contributed by atoms with E-state index in [4.69, 9.17) is 0 Å². The van der Waals surface area contributed by atoms with E-state index in [1.807, 2.05) is 12.1 Å². The Bertz CT molecular complexity index is 589. The highest BCUT2D eigenvalue weighted by Gasteiger charge is 2.10. The Morgan fingerprint density at radius 1 is 1.17 bits per heavy atom. The van der Waals surface area contributed by atoms with E-state index in [9.17, 15) is 8.42 Å². The lowest BCUT2D eigenvalue weighted by atomic mass is 10.1. The third-order valence-electron chi connectivity index (χ3n) is 2.80. The molecule has 96 valence electrons. The molecule has 0 aliphatic rings. The Hall–Kier alpha value is -1.69. The van der Waals surface area contributed by atoms with E-state index in [-0.39, 0.29) is 5.75 Å². The number of nitrogens with one attached hydrogen (secondary N) is 1. The van der Waals surface area contributed by atoms with E-state index in [2.05, 4.69) is 15.4 Å². The molecule has 0 saturated carbocycles. The Morgan fingerprint density at radius 3 is 2.44 bits per heavy atom. The minimum Gasteiger partial charge on any atom is -0.224 e. The zero-order chi connectivity index (χ0) is 13.0. The van der Waals surface area contributed by atoms with Gasteiger partial charge in [0.15, 0.2) is 9.84 Å². The van der Waals surface area contributed by atoms with Gasteiger partial charge in [0.25, 0.3) is 0 Å². The molecule has 0 radical (unpaired) electrons. The lowest BCUT2D eigenvalue weighted by Gasteiger charge is -2.03. The second kappa shape index (κ2) is 5.30. The van der Waals surface area contributed by atoms with Gasteiger partial charge >= 0.3 is 0 Å². The molecular weight excluding hydrogens is 250 g/mol. The van der Waals surface area contributed by atoms with Crippen molar-refractivity contribution in [3.05, 3.63) is 41.7 Å². The first-order valence-corrected chi connectivity index (χ1v) is 7.43. The first-order chi connectivity index (χ1) is 8.62. The van der Waals surface area contributed by atoms with Crippen LogP contribution < -0.4 is 0 Å². The minimum absolute atomic E-state index is 0.130. The molecule has 2 aromatic rings. The van der Waals surface area contributed by atoms with Gasteiger partial charge in [0, 0.05) is 0 Å². The summed E-state index contributed by atoms with van der Waals surface area (Å²) < 4.78 is 23.3. The average molecular weight is 265 g/mol. The second-order valence-electron chi connectivity index (χ2n) is 4.01. The van der Waals surface area contributed by atoms with Gasteiger partial charge in [-0.3, -0.25) is 0 Å². The third-order valence-corrected chi connectivity index (χ3v) is 4.55. The molecule has 1 aromatic carbocycles. The maximum absolute atomic E-state index is 11.6. The standard InChI is InChI=1S/C12H15N3O2S/c1-2-18(16,17)12-7-4-10(5-8-12)3-6-11-9-13-15-14-11/h4-5,7-9H,2-3,6H2,1H3,(H,13,14,15). The zero-order valence-corrected chi connectivity index (χ0v) is 10.9. The molecule has 0 aliphatic carbocycles. The van der Waals surface area contributed by atoms with E-state index in [1.54, 1.807) is 25.3 Å². The van der Waals surface area contributed by atoms with Gasteiger partial charge in [-0.2, -0.15) is 15.4 Å². The van der Waals surface area contributed by atoms with E-state index < -0.39 is 9.84 Å². The van der Waals surface area contributed by atoms with Crippen molar-refractivity contribution in [3.63, 3.8) is 0 Å². The Balaban J connectivity index is 2.04. The molecule has 0 aliphatic heterocycles. The fourth-order valence-corrected chi connectivity index (χ4v) is 2.53. The molecule has 6 heteroatoms. The van der Waals surface area contributed by atoms with Gasteiger partial charge in [0.2, 0.25) is 0 Å². The Labute approximate surface area is 106 Å². The van der Waals surface area contributed by atoms with Crippen molar-refractivity contribution in [2.24, 2.45) is 0 Å². The molecular formula is C12H15N3O2S. The molecule has 18 heavy (non-hydrogen) atoms. The summed E-state index contributed by atoms with van der Waals surface area (Å²) in [6, 6.07) is 7.03. The fourth-order valence-electron chi connectivity index (χ4n) is 1.65. The topological polar surface area (TPSA) is 75.7 Å². The van der Waals surface area contributed by atoms with Crippen molar-refractivity contribution in [2.45, 2.75) is 24.7 Å². The summed E-state index contributed by atoms with van der Waals surface area (Å²) in [5.74, 6) is 0.130. The van der Waals surface area contributed by atoms with E-state index in [0.717, 1.165) is 24.1 Å². The van der Waals surface area contributed by atoms with Crippen molar-refractivity contribution in [1.29, 1.82) is 0 Å². The number of benzene rings is 1. The summed E-state index contributed by atoms with van der Waals surface area (Å²) in [4.78, 5) is 0.384. The lowest BCUT2D eigenvalue weighted by molar-refractivity contribution is 0.597. The van der Waals surface area contributed by atoms with Gasteiger partial charge in [-0.05, 0) is 30.5 Å². The van der Waals surface area contributed by atoms with Crippen molar-refractivity contribution in [3.8, 4) is 0 Å². The molecule has 5 nitrogen and oxygen atoms in total. The number of rotatable bonds is 5. The van der Waals surface area contributed by atoms with Crippen molar-refractivity contribution in [2.75, 3.05) is 5.75 Å². The summed E-state index contributed by atoms with van der Waals surface area (Å²) in [7, 11) is -3.10. The van der Waals surface area contributed by atoms with Gasteiger partial charge in [-0.25, -0.2) is 8.42 Å². The first kappa shape index (κ1) is 12.8. The van der Waals surface area contributed by atoms with Crippen LogP contribution in [0.25, 0.3) is 0 Å². The number of aryl methyl sites for hydroxylation is 2. The first-order valence-electron chi connectivity index (χ1n) is 5.78. The average Bonchev–Trinajstić information content (AvgIpc) is 2.90. The van der Waals surface area contributed by atoms with Gasteiger partial charge < -0.3 is 0 Å². The highest BCUT2D eigenvalue weighted by atomic mass is 32.2. The zero-order valence-electron chi connectivity index (χ0n) is 10.1. The number of hydrogen-bond donors (Lipinski definition) is 1. The summed E-state index contributed by atoms with van der Waals surface area (Å²) in [6.45, 7) is 1.65. The maximum Gasteiger partial charge on any atom is 0.178 e. The molecule has 0 unspecified atom stereocenters. The molecule has 0 atom stereocenters. The van der Waals surface area contributed by atoms with Crippen LogP contribution in [-0.2, 0) is 22.7 Å². The highest BCUT2D eigenvalue weighted by Crippen LogP contribution is 2.13. The molecule has 0 fully saturated rings. The maximum atomic E-state index is 11.6. The Morgan fingerprint density at radius 2 is 1.89 bits per heavy atom. The molecule has 1 N–H and O–H groups in total. The summed E-state index contributed by atoms with van der Waals surface area (Å²) >= 11 is 0. The van der Waals surface area contributed by atoms with Crippen LogP contribution in [0.15, 0.2) is 35.4 Å². The lowest BCUT2D eigenvalue weighted by Crippen LogP contribution is -2.03. The number of sulfone groups is 1. The molecule has 2 rings (SSSR count). The molecule has 0 spiro atoms. The largest absolute Gasteiger partial charge is 0.224 e. The molecule has 0 bridgehead atoms. The third kappa shape index (κ3) is 2.95. The fraction of sp³-hybridized carbons (Fsp3) is 0.333. The summed E-state index contributed by atoms with van der Waals surface area (Å²) in [6.07, 6.45) is 3.30. The van der Waals surface area contributed by atoms with Crippen LogP contribution in [0.1, 0.15) is 18.2 Å². The predicted molar refractivity (Wildman–Crippen MR) is 68.0 cm³/mol. The highest BCUT2D eigenvalue weighted by molar-refractivity contribution is 7.91. The predicted octanol–water partition coefficient (Wildman–Crippen LogP) is 1.38. The summed E-state index contributed by atoms with van der Waals surface area (Å²) in [5, 5.41) is 10.3. The molecule has 1 heterocycles. The van der Waals surface area contributed by atoms with Gasteiger partial charge in [0.05, 0.1) is 22.5 Å². The number of aromatic amines is 1. The SMILES string of the molecule is CCS(=O)(=O)c1ccc(CCc2cn[nH]n2)cc1. The smallest absolute Gasteiger partial charge is 0.178 e. The number of nitrogens with zero attached hydrogens (tertiary/aromatic N) is 2. The monoisotopic (exact) mass is 265 g/mol. The van der Waals surface area contributed by atoms with Crippen LogP contribution in [0, 0.1) is 0 Å². The normalized spacial score (nSPS) is 11.6. The minimum atomic E-state index is -3.10. The van der Waals surface area contributed by atoms with Crippen LogP contribution in [0.3, 0.4) is 0 Å². The van der Waals surface area contributed by atoms with Crippen LogP contribution in [-0.4, -0.2) is 29.6 Å². The number of hydrogen-bond acceptors (Lipinski definition) is 4. The van der Waals surface area contributed by atoms with Crippen LogP contribution in [0.2, 0.25) is 0 Å². The van der Waals surface area contributed by atoms with Crippen molar-refractivity contribution >= 4 is 9.84 Å². The van der Waals surface area contributed by atoms with Gasteiger partial charge in [-0.1, -0.05) is 19.1 Å². The Kier molecular flexibility index (Phi) is 3.76. The van der Waals surface area contributed by atoms with Crippen LogP contribution in [0.4, 0.5) is 0 Å². The molecule has 1 aromatic heterocycles. The molecule has 0 saturated heterocycles. The van der Waals surface area contributed by atoms with Crippen molar-refractivity contribution in [1.82, 2.24) is 15.4 Å². The quantitative estimate of drug-likeness (QED) is 0.886. The van der Waals surface area contributed by atoms with Crippen LogP contribution >= 0.6 is 0 Å². The van der Waals surface area contributed by atoms with Crippen molar-refractivity contribution < 1.29 is 8.42 Å². The summed E-state index contributed by atoms with van der Waals surface area (Å²) in [5.41, 5.74) is 1.99. The molecule has 0 amide bonds.